The van der Waals surface area contributed by atoms with Gasteiger partial charge in [0.05, 0.1) is 17.8 Å². The van der Waals surface area contributed by atoms with E-state index in [1.165, 1.54) is 17.8 Å². The van der Waals surface area contributed by atoms with Crippen molar-refractivity contribution < 1.29 is 23.8 Å². The maximum Gasteiger partial charge on any atom is 0.262 e. The highest BCUT2D eigenvalue weighted by molar-refractivity contribution is 6.35. The Balaban J connectivity index is 1.41. The van der Waals surface area contributed by atoms with Crippen molar-refractivity contribution in [2.24, 2.45) is 5.10 Å². The van der Waals surface area contributed by atoms with E-state index in [0.29, 0.717) is 41.0 Å². The van der Waals surface area contributed by atoms with Gasteiger partial charge in [-0.05, 0) is 73.9 Å². The fourth-order valence-electron chi connectivity index (χ4n) is 4.25. The van der Waals surface area contributed by atoms with Crippen molar-refractivity contribution in [2.45, 2.75) is 45.9 Å². The van der Waals surface area contributed by atoms with Crippen LogP contribution in [0.2, 0.25) is 10.0 Å². The number of nitrogens with zero attached hydrogens (tertiary/aromatic N) is 1. The van der Waals surface area contributed by atoms with Crippen LogP contribution in [0.3, 0.4) is 0 Å². The first kappa shape index (κ1) is 33.4. The van der Waals surface area contributed by atoms with Crippen LogP contribution >= 0.6 is 23.2 Å². The molecule has 45 heavy (non-hydrogen) atoms. The number of carbonyl (C=O) groups is 2. The number of rotatable bonds is 14. The molecule has 0 saturated carbocycles. The van der Waals surface area contributed by atoms with Crippen LogP contribution in [0.5, 0.6) is 17.2 Å². The molecule has 8 nitrogen and oxygen atoms in total. The van der Waals surface area contributed by atoms with Crippen LogP contribution < -0.4 is 25.0 Å². The fourth-order valence-corrected chi connectivity index (χ4v) is 4.70. The third-order valence-electron chi connectivity index (χ3n) is 6.65. The van der Waals surface area contributed by atoms with E-state index in [2.05, 4.69) is 15.8 Å². The van der Waals surface area contributed by atoms with Gasteiger partial charge < -0.3 is 19.5 Å². The highest BCUT2D eigenvalue weighted by atomic mass is 35.5. The molecule has 0 aliphatic heterocycles. The van der Waals surface area contributed by atoms with E-state index in [0.717, 1.165) is 11.1 Å². The number of ether oxygens (including phenoxy) is 3. The Morgan fingerprint density at radius 1 is 0.844 bits per heavy atom. The Labute approximate surface area is 273 Å². The monoisotopic (exact) mass is 647 g/mol. The summed E-state index contributed by atoms with van der Waals surface area (Å²) in [6, 6.07) is 26.7. The van der Waals surface area contributed by atoms with Gasteiger partial charge in [-0.15, -0.1) is 0 Å². The number of benzene rings is 4. The molecule has 0 radical (unpaired) electrons. The van der Waals surface area contributed by atoms with Crippen LogP contribution in [0.1, 0.15) is 36.1 Å². The van der Waals surface area contributed by atoms with Gasteiger partial charge in [-0.25, -0.2) is 5.43 Å². The summed E-state index contributed by atoms with van der Waals surface area (Å²) < 4.78 is 17.5. The summed E-state index contributed by atoms with van der Waals surface area (Å²) in [6.07, 6.45) is 0.797. The van der Waals surface area contributed by atoms with Crippen LogP contribution in [-0.4, -0.2) is 36.8 Å². The van der Waals surface area contributed by atoms with Gasteiger partial charge >= 0.3 is 0 Å². The smallest absolute Gasteiger partial charge is 0.262 e. The quantitative estimate of drug-likeness (QED) is 0.114. The molecule has 0 saturated heterocycles. The number of aryl methyl sites for hydroxylation is 1. The normalized spacial score (nSPS) is 12.3. The van der Waals surface area contributed by atoms with Crippen LogP contribution in [0.25, 0.3) is 0 Å². The summed E-state index contributed by atoms with van der Waals surface area (Å²) in [6.45, 7) is 6.35. The topological polar surface area (TPSA) is 98.2 Å². The maximum absolute atomic E-state index is 13.2. The molecule has 4 aromatic rings. The van der Waals surface area contributed by atoms with Crippen LogP contribution in [0.4, 0.5) is 0 Å². The lowest BCUT2D eigenvalue weighted by molar-refractivity contribution is -0.132. The molecular formula is C35H35Cl2N3O5. The van der Waals surface area contributed by atoms with Crippen molar-refractivity contribution in [1.29, 1.82) is 0 Å². The number of halogens is 2. The van der Waals surface area contributed by atoms with E-state index in [-0.39, 0.29) is 11.4 Å². The average molecular weight is 649 g/mol. The first-order chi connectivity index (χ1) is 21.7. The van der Waals surface area contributed by atoms with Crippen molar-refractivity contribution in [2.75, 3.05) is 6.61 Å². The molecule has 0 unspecified atom stereocenters. The summed E-state index contributed by atoms with van der Waals surface area (Å²) in [5.41, 5.74) is 6.32. The molecule has 2 atom stereocenters. The number of carbonyl (C=O) groups excluding carboxylic acids is 2. The van der Waals surface area contributed by atoms with Gasteiger partial charge in [0.2, 0.25) is 0 Å². The van der Waals surface area contributed by atoms with Crippen molar-refractivity contribution in [3.63, 3.8) is 0 Å². The van der Waals surface area contributed by atoms with Crippen molar-refractivity contribution in [1.82, 2.24) is 10.7 Å². The third-order valence-corrected chi connectivity index (χ3v) is 7.18. The Bertz CT molecular complexity index is 1610. The van der Waals surface area contributed by atoms with E-state index in [1.807, 2.05) is 74.5 Å². The van der Waals surface area contributed by atoms with Gasteiger partial charge in [-0.3, -0.25) is 9.59 Å². The van der Waals surface area contributed by atoms with Gasteiger partial charge in [0.25, 0.3) is 11.8 Å². The van der Waals surface area contributed by atoms with Gasteiger partial charge in [0.1, 0.15) is 18.4 Å². The zero-order valence-electron chi connectivity index (χ0n) is 25.3. The lowest BCUT2D eigenvalue weighted by Crippen LogP contribution is -2.50. The minimum Gasteiger partial charge on any atom is -0.490 e. The molecule has 234 valence electrons. The van der Waals surface area contributed by atoms with Gasteiger partial charge in [-0.1, -0.05) is 83.4 Å². The Hall–Kier alpha value is -4.53. The molecule has 0 aromatic heterocycles. The molecule has 0 heterocycles. The molecule has 0 bridgehead atoms. The van der Waals surface area contributed by atoms with Crippen LogP contribution in [0.15, 0.2) is 96.1 Å². The SMILES string of the molecule is CCOc1cc(/C=N\NC(=O)[C@@H](Cc2ccccc2)NC(=O)[C@H](C)Oc2ccc(Cl)cc2Cl)ccc1OCc1ccc(C)cc1. The molecule has 0 aliphatic carbocycles. The Kier molecular flexibility index (Phi) is 12.2. The third kappa shape index (κ3) is 10.3. The fraction of sp³-hybridized carbons (Fsp3) is 0.229. The van der Waals surface area contributed by atoms with Gasteiger partial charge in [0, 0.05) is 11.4 Å². The van der Waals surface area contributed by atoms with Gasteiger partial charge in [0.15, 0.2) is 17.6 Å². The second kappa shape index (κ2) is 16.5. The van der Waals surface area contributed by atoms with Crippen LogP contribution in [-0.2, 0) is 22.6 Å². The second-order valence-electron chi connectivity index (χ2n) is 10.2. The Morgan fingerprint density at radius 3 is 2.29 bits per heavy atom. The molecule has 0 spiro atoms. The minimum absolute atomic E-state index is 0.240. The highest BCUT2D eigenvalue weighted by Crippen LogP contribution is 2.29. The summed E-state index contributed by atoms with van der Waals surface area (Å²) in [4.78, 5) is 26.3. The van der Waals surface area contributed by atoms with Gasteiger partial charge in [-0.2, -0.15) is 5.10 Å². The summed E-state index contributed by atoms with van der Waals surface area (Å²) in [7, 11) is 0. The first-order valence-corrected chi connectivity index (χ1v) is 15.2. The molecule has 4 aromatic carbocycles. The number of hydrazone groups is 1. The lowest BCUT2D eigenvalue weighted by atomic mass is 10.1. The predicted molar refractivity (Wildman–Crippen MR) is 177 cm³/mol. The Morgan fingerprint density at radius 2 is 1.58 bits per heavy atom. The molecular weight excluding hydrogens is 613 g/mol. The molecule has 0 aliphatic rings. The first-order valence-electron chi connectivity index (χ1n) is 14.5. The summed E-state index contributed by atoms with van der Waals surface area (Å²) in [5.74, 6) is 0.464. The maximum atomic E-state index is 13.2. The number of amides is 2. The molecule has 0 fully saturated rings. The summed E-state index contributed by atoms with van der Waals surface area (Å²) >= 11 is 12.2. The van der Waals surface area contributed by atoms with E-state index in [1.54, 1.807) is 31.2 Å². The second-order valence-corrected chi connectivity index (χ2v) is 11.1. The number of nitrogens with one attached hydrogen (secondary N) is 2. The standard InChI is InChI=1S/C35H35Cl2N3O5/c1-4-43-33-19-27(14-16-32(33)44-22-26-12-10-23(2)11-13-26)21-38-40-35(42)30(18-25-8-6-5-7-9-25)39-34(41)24(3)45-31-17-15-28(36)20-29(31)37/h5-17,19-21,24,30H,4,18,22H2,1-3H3,(H,39,41)(H,40,42)/b38-21-/t24-,30+/m0/s1. The van der Waals surface area contributed by atoms with Crippen molar-refractivity contribution >= 4 is 41.2 Å². The molecule has 2 amide bonds. The number of hydrogen-bond acceptors (Lipinski definition) is 6. The highest BCUT2D eigenvalue weighted by Gasteiger charge is 2.25. The zero-order valence-corrected chi connectivity index (χ0v) is 26.8. The molecule has 10 heteroatoms. The van der Waals surface area contributed by atoms with E-state index < -0.39 is 24.0 Å². The minimum atomic E-state index is -0.943. The summed E-state index contributed by atoms with van der Waals surface area (Å²) in [5, 5.41) is 7.63. The largest absolute Gasteiger partial charge is 0.490 e. The van der Waals surface area contributed by atoms with E-state index in [4.69, 9.17) is 37.4 Å². The van der Waals surface area contributed by atoms with Crippen molar-refractivity contribution in [3.05, 3.63) is 123 Å². The molecule has 2 N–H and O–H groups in total. The predicted octanol–water partition coefficient (Wildman–Crippen LogP) is 6.92. The number of hydrogen-bond donors (Lipinski definition) is 2. The van der Waals surface area contributed by atoms with E-state index >= 15 is 0 Å². The van der Waals surface area contributed by atoms with Crippen molar-refractivity contribution in [3.8, 4) is 17.2 Å². The van der Waals surface area contributed by atoms with Crippen LogP contribution in [0, 0.1) is 6.92 Å². The molecule has 4 rings (SSSR count). The zero-order chi connectivity index (χ0) is 32.2. The lowest BCUT2D eigenvalue weighted by Gasteiger charge is -2.21. The average Bonchev–Trinajstić information content (AvgIpc) is 3.03. The van der Waals surface area contributed by atoms with E-state index in [9.17, 15) is 9.59 Å².